The van der Waals surface area contributed by atoms with E-state index in [9.17, 15) is 10.1 Å². The smallest absolute Gasteiger partial charge is 0.341 e. The Bertz CT molecular complexity index is 1770. The monoisotopic (exact) mass is 675 g/mol. The van der Waals surface area contributed by atoms with Gasteiger partial charge in [0, 0.05) is 4.92 Å². The van der Waals surface area contributed by atoms with Crippen molar-refractivity contribution in [3.05, 3.63) is 189 Å². The van der Waals surface area contributed by atoms with E-state index in [4.69, 9.17) is 18.5 Å². The predicted octanol–water partition coefficient (Wildman–Crippen LogP) is 8.96. The van der Waals surface area contributed by atoms with Gasteiger partial charge in [0.15, 0.2) is 22.6 Å². The van der Waals surface area contributed by atoms with Crippen LogP contribution in [0.25, 0.3) is 0 Å². The molecule has 7 rings (SSSR count). The van der Waals surface area contributed by atoms with Gasteiger partial charge in [-0.1, -0.05) is 151 Å². The van der Waals surface area contributed by atoms with E-state index in [1.165, 1.54) is 0 Å². The first-order chi connectivity index (χ1) is 23.6. The van der Waals surface area contributed by atoms with Crippen LogP contribution in [-0.2, 0) is 34.3 Å². The van der Waals surface area contributed by atoms with Crippen LogP contribution in [-0.4, -0.2) is 29.5 Å². The minimum Gasteiger partial charge on any atom is -0.341 e. The Morgan fingerprint density at radius 1 is 0.633 bits per heavy atom. The van der Waals surface area contributed by atoms with Gasteiger partial charge >= 0.3 is 7.60 Å². The average molecular weight is 676 g/mol. The highest BCUT2D eigenvalue weighted by atomic mass is 31.2. The topological polar surface area (TPSA) is 97.1 Å². The van der Waals surface area contributed by atoms with Crippen molar-refractivity contribution in [2.45, 2.75) is 55.6 Å². The number of hydrogen-bond acceptors (Lipinski definition) is 7. The quantitative estimate of drug-likeness (QED) is 0.0920. The molecule has 2 saturated heterocycles. The molecule has 2 aliphatic rings. The van der Waals surface area contributed by atoms with Crippen LogP contribution in [0.15, 0.2) is 146 Å². The summed E-state index contributed by atoms with van der Waals surface area (Å²) in [6.07, 6.45) is -1.92. The summed E-state index contributed by atoms with van der Waals surface area (Å²) < 4.78 is 44.8. The minimum absolute atomic E-state index is 0.460. The lowest BCUT2D eigenvalue weighted by Crippen LogP contribution is -2.53. The maximum atomic E-state index is 16.4. The molecule has 8 nitrogen and oxygen atoms in total. The molecule has 0 saturated carbocycles. The first-order valence-electron chi connectivity index (χ1n) is 16.3. The second-order valence-corrected chi connectivity index (χ2v) is 15.1. The van der Waals surface area contributed by atoms with E-state index >= 15 is 4.57 Å². The third-order valence-electron chi connectivity index (χ3n) is 9.42. The molecular weight excluding hydrogens is 637 g/mol. The average Bonchev–Trinajstić information content (AvgIpc) is 3.41. The van der Waals surface area contributed by atoms with Gasteiger partial charge in [0.1, 0.15) is 12.2 Å². The molecule has 0 N–H and O–H groups in total. The van der Waals surface area contributed by atoms with E-state index < -0.39 is 53.9 Å². The Morgan fingerprint density at radius 3 is 1.31 bits per heavy atom. The highest BCUT2D eigenvalue weighted by Crippen LogP contribution is 2.73. The standard InChI is InChI=1S/C40H38NO7P/c1-29-24-26-30(27-25-29)35(28-41(42)43)49(44)47-39(31-16-8-4-9-17-31,32-18-10-5-11-19-32)36-37(46-38(2,3)45-36)40(48-49,33-20-12-6-13-21-33)34-22-14-7-15-23-34/h4-27,35-37H,28H2,1-3H3/t35-,36+,37+/m0/s1. The predicted molar refractivity (Wildman–Crippen MR) is 187 cm³/mol. The zero-order valence-electron chi connectivity index (χ0n) is 27.5. The van der Waals surface area contributed by atoms with E-state index in [1.54, 1.807) is 12.1 Å². The molecule has 5 aromatic rings. The van der Waals surface area contributed by atoms with Gasteiger partial charge in [0.2, 0.25) is 6.54 Å². The Labute approximate surface area is 286 Å². The number of rotatable bonds is 8. The molecule has 9 heteroatoms. The first kappa shape index (κ1) is 33.1. The second-order valence-electron chi connectivity index (χ2n) is 13.1. The van der Waals surface area contributed by atoms with Crippen molar-refractivity contribution in [2.75, 3.05) is 6.54 Å². The van der Waals surface area contributed by atoms with Crippen LogP contribution in [0.5, 0.6) is 0 Å². The molecule has 250 valence electrons. The lowest BCUT2D eigenvalue weighted by molar-refractivity contribution is -0.480. The molecule has 0 aliphatic carbocycles. The Kier molecular flexibility index (Phi) is 8.64. The first-order valence-corrected chi connectivity index (χ1v) is 18.0. The van der Waals surface area contributed by atoms with E-state index in [0.717, 1.165) is 5.56 Å². The normalized spacial score (nSPS) is 22.3. The summed E-state index contributed by atoms with van der Waals surface area (Å²) in [4.78, 5) is 12.1. The number of fused-ring (bicyclic) bond motifs is 1. The number of benzene rings is 5. The van der Waals surface area contributed by atoms with E-state index in [0.29, 0.717) is 27.8 Å². The highest BCUT2D eigenvalue weighted by molar-refractivity contribution is 7.54. The van der Waals surface area contributed by atoms with E-state index in [-0.39, 0.29) is 0 Å². The molecule has 2 aliphatic heterocycles. The number of nitro groups is 1. The highest BCUT2D eigenvalue weighted by Gasteiger charge is 2.70. The molecule has 49 heavy (non-hydrogen) atoms. The van der Waals surface area contributed by atoms with Crippen molar-refractivity contribution in [3.63, 3.8) is 0 Å². The van der Waals surface area contributed by atoms with Crippen molar-refractivity contribution in [1.29, 1.82) is 0 Å². The van der Waals surface area contributed by atoms with Crippen LogP contribution in [0.2, 0.25) is 0 Å². The number of aryl methyl sites for hydroxylation is 1. The zero-order chi connectivity index (χ0) is 34.3. The second kappa shape index (κ2) is 12.8. The van der Waals surface area contributed by atoms with Gasteiger partial charge in [-0.05, 0) is 48.6 Å². The summed E-state index contributed by atoms with van der Waals surface area (Å²) >= 11 is 0. The molecule has 0 spiro atoms. The van der Waals surface area contributed by atoms with Gasteiger partial charge in [-0.25, -0.2) is 0 Å². The third-order valence-corrected chi connectivity index (χ3v) is 11.7. The van der Waals surface area contributed by atoms with Crippen LogP contribution < -0.4 is 0 Å². The van der Waals surface area contributed by atoms with Crippen molar-refractivity contribution in [2.24, 2.45) is 0 Å². The number of hydrogen-bond donors (Lipinski definition) is 0. The zero-order valence-corrected chi connectivity index (χ0v) is 28.4. The van der Waals surface area contributed by atoms with Gasteiger partial charge in [0.25, 0.3) is 0 Å². The van der Waals surface area contributed by atoms with Gasteiger partial charge < -0.3 is 9.47 Å². The third kappa shape index (κ3) is 5.84. The molecule has 2 fully saturated rings. The van der Waals surface area contributed by atoms with Crippen molar-refractivity contribution < 1.29 is 28.0 Å². The van der Waals surface area contributed by atoms with Crippen molar-refractivity contribution >= 4 is 7.60 Å². The molecule has 2 heterocycles. The molecule has 0 radical (unpaired) electrons. The maximum absolute atomic E-state index is 16.4. The summed E-state index contributed by atoms with van der Waals surface area (Å²) in [6.45, 7) is 4.90. The van der Waals surface area contributed by atoms with Gasteiger partial charge in [-0.3, -0.25) is 23.7 Å². The molecule has 3 atom stereocenters. The van der Waals surface area contributed by atoms with E-state index in [1.807, 2.05) is 154 Å². The van der Waals surface area contributed by atoms with Crippen LogP contribution in [0.3, 0.4) is 0 Å². The molecule has 0 aromatic heterocycles. The fourth-order valence-corrected chi connectivity index (χ4v) is 9.86. The lowest BCUT2D eigenvalue weighted by Gasteiger charge is -2.41. The Hall–Kier alpha value is -4.43. The molecule has 0 bridgehead atoms. The largest absolute Gasteiger partial charge is 0.347 e. The lowest BCUT2D eigenvalue weighted by atomic mass is 9.72. The van der Waals surface area contributed by atoms with Gasteiger partial charge in [-0.15, -0.1) is 0 Å². The fourth-order valence-electron chi connectivity index (χ4n) is 7.27. The van der Waals surface area contributed by atoms with Gasteiger partial charge in [-0.2, -0.15) is 0 Å². The van der Waals surface area contributed by atoms with Crippen LogP contribution in [0.4, 0.5) is 0 Å². The van der Waals surface area contributed by atoms with Crippen molar-refractivity contribution in [3.8, 4) is 0 Å². The van der Waals surface area contributed by atoms with Crippen LogP contribution in [0, 0.1) is 17.0 Å². The van der Waals surface area contributed by atoms with E-state index in [2.05, 4.69) is 0 Å². The number of ether oxygens (including phenoxy) is 2. The van der Waals surface area contributed by atoms with Crippen molar-refractivity contribution in [1.82, 2.24) is 0 Å². The Balaban J connectivity index is 1.63. The summed E-state index contributed by atoms with van der Waals surface area (Å²) in [5, 5.41) is 12.5. The molecule has 0 unspecified atom stereocenters. The van der Waals surface area contributed by atoms with Crippen LogP contribution in [0.1, 0.15) is 52.9 Å². The van der Waals surface area contributed by atoms with Crippen LogP contribution >= 0.6 is 7.60 Å². The minimum atomic E-state index is -4.66. The molecule has 0 amide bonds. The fraction of sp³-hybridized carbons (Fsp3) is 0.250. The SMILES string of the molecule is Cc1ccc([C@H](C[N+](=O)[O-])P2(=O)OC(c3ccccc3)(c3ccccc3)[C@@H]3OC(C)(C)O[C@H]3C(c3ccccc3)(c3ccccc3)O2)cc1. The maximum Gasteiger partial charge on any atom is 0.347 e. The Morgan fingerprint density at radius 2 is 0.980 bits per heavy atom. The van der Waals surface area contributed by atoms with Gasteiger partial charge in [0.05, 0.1) is 0 Å². The summed E-state index contributed by atoms with van der Waals surface area (Å²) in [6, 6.07) is 45.0. The summed E-state index contributed by atoms with van der Waals surface area (Å²) in [5.41, 5.74) is -0.539. The number of nitrogens with zero attached hydrogens (tertiary/aromatic N) is 1. The summed E-state index contributed by atoms with van der Waals surface area (Å²) in [5.74, 6) is -1.13. The molecule has 5 aromatic carbocycles. The molecular formula is C40H38NO7P. The summed E-state index contributed by atoms with van der Waals surface area (Å²) in [7, 11) is -4.66.